The van der Waals surface area contributed by atoms with Crippen LogP contribution in [0.25, 0.3) is 22.2 Å². The quantitative estimate of drug-likeness (QED) is 0.374. The summed E-state index contributed by atoms with van der Waals surface area (Å²) < 4.78 is 2.47. The third-order valence-electron chi connectivity index (χ3n) is 10.5. The fourth-order valence-electron chi connectivity index (χ4n) is 8.61. The van der Waals surface area contributed by atoms with Crippen molar-refractivity contribution in [1.29, 1.82) is 0 Å². The second-order valence-corrected chi connectivity index (χ2v) is 12.6. The van der Waals surface area contributed by atoms with E-state index in [9.17, 15) is 9.90 Å². The van der Waals surface area contributed by atoms with Crippen molar-refractivity contribution in [3.05, 3.63) is 53.6 Å². The molecule has 7 rings (SSSR count). The lowest BCUT2D eigenvalue weighted by molar-refractivity contribution is 0.0632. The molecule has 2 unspecified atom stereocenters. The van der Waals surface area contributed by atoms with Crippen molar-refractivity contribution in [2.75, 3.05) is 31.1 Å². The Morgan fingerprint density at radius 1 is 0.821 bits per heavy atom. The zero-order chi connectivity index (χ0) is 26.3. The van der Waals surface area contributed by atoms with Gasteiger partial charge in [-0.3, -0.25) is 4.90 Å². The van der Waals surface area contributed by atoms with E-state index in [0.717, 1.165) is 43.7 Å². The first-order valence-electron chi connectivity index (χ1n) is 15.7. The van der Waals surface area contributed by atoms with Gasteiger partial charge in [-0.25, -0.2) is 4.79 Å². The molecule has 0 amide bonds. The Balaban J connectivity index is 1.27. The number of aromatic carboxylic acids is 1. The van der Waals surface area contributed by atoms with Gasteiger partial charge in [0.1, 0.15) is 0 Å². The van der Waals surface area contributed by atoms with Crippen LogP contribution in [0, 0.1) is 5.92 Å². The average Bonchev–Trinajstić information content (AvgIpc) is 3.21. The number of aromatic nitrogens is 1. The topological polar surface area (TPSA) is 48.7 Å². The largest absolute Gasteiger partial charge is 0.478 e. The zero-order valence-electron chi connectivity index (χ0n) is 23.3. The lowest BCUT2D eigenvalue weighted by atomic mass is 9.78. The first-order valence-corrected chi connectivity index (χ1v) is 15.7. The number of rotatable bonds is 5. The van der Waals surface area contributed by atoms with Crippen LogP contribution in [0.1, 0.15) is 92.5 Å². The summed E-state index contributed by atoms with van der Waals surface area (Å²) in [6.45, 7) is 5.30. The van der Waals surface area contributed by atoms with Gasteiger partial charge in [0.05, 0.1) is 11.3 Å². The summed E-state index contributed by atoms with van der Waals surface area (Å²) in [5.41, 5.74) is 6.99. The third-order valence-corrected chi connectivity index (χ3v) is 10.5. The van der Waals surface area contributed by atoms with E-state index in [1.165, 1.54) is 105 Å². The van der Waals surface area contributed by atoms with Gasteiger partial charge >= 0.3 is 5.97 Å². The highest BCUT2D eigenvalue weighted by Crippen LogP contribution is 2.47. The molecule has 1 N–H and O–H groups in total. The van der Waals surface area contributed by atoms with E-state index in [1.54, 1.807) is 0 Å². The Morgan fingerprint density at radius 2 is 1.62 bits per heavy atom. The van der Waals surface area contributed by atoms with Crippen molar-refractivity contribution in [2.45, 2.75) is 89.1 Å². The number of hydrogen-bond acceptors (Lipinski definition) is 3. The van der Waals surface area contributed by atoms with E-state index in [4.69, 9.17) is 0 Å². The molecule has 2 aliphatic carbocycles. The molecule has 2 aliphatic heterocycles. The molecular formula is C34H43N3O2. The van der Waals surface area contributed by atoms with Crippen LogP contribution in [0.5, 0.6) is 0 Å². The van der Waals surface area contributed by atoms with Crippen LogP contribution in [0.4, 0.5) is 5.69 Å². The van der Waals surface area contributed by atoms with E-state index in [1.807, 2.05) is 12.1 Å². The first-order chi connectivity index (χ1) is 19.2. The van der Waals surface area contributed by atoms with E-state index in [0.29, 0.717) is 11.5 Å². The maximum atomic E-state index is 12.0. The van der Waals surface area contributed by atoms with Crippen molar-refractivity contribution in [3.8, 4) is 11.3 Å². The number of fused-ring (bicyclic) bond motifs is 6. The Morgan fingerprint density at radius 3 is 2.49 bits per heavy atom. The molecule has 5 heteroatoms. The molecule has 0 spiro atoms. The van der Waals surface area contributed by atoms with E-state index in [-0.39, 0.29) is 0 Å². The molecule has 0 radical (unpaired) electrons. The molecule has 5 nitrogen and oxygen atoms in total. The first kappa shape index (κ1) is 25.2. The number of carboxylic acid groups (broad SMARTS) is 1. The van der Waals surface area contributed by atoms with Crippen molar-refractivity contribution >= 4 is 22.6 Å². The SMILES string of the molecule is O=C(O)c1ccc2c(C3CCCCC3)c3n(c2c1)CCN(CCN1CCCC2CCCCC21)c1ccccc1-3. The third kappa shape index (κ3) is 4.57. The number of carboxylic acids is 1. The van der Waals surface area contributed by atoms with Crippen LogP contribution in [0.2, 0.25) is 0 Å². The lowest BCUT2D eigenvalue weighted by Crippen LogP contribution is -2.49. The van der Waals surface area contributed by atoms with Crippen LogP contribution in [0.3, 0.4) is 0 Å². The molecule has 3 aromatic rings. The maximum absolute atomic E-state index is 12.0. The number of hydrogen-bond donors (Lipinski definition) is 1. The summed E-state index contributed by atoms with van der Waals surface area (Å²) in [6.07, 6.45) is 14.8. The summed E-state index contributed by atoms with van der Waals surface area (Å²) in [4.78, 5) is 17.4. The van der Waals surface area contributed by atoms with Gasteiger partial charge in [0.2, 0.25) is 0 Å². The molecule has 39 heavy (non-hydrogen) atoms. The van der Waals surface area contributed by atoms with Gasteiger partial charge in [-0.05, 0) is 80.7 Å². The van der Waals surface area contributed by atoms with Gasteiger partial charge in [0, 0.05) is 54.4 Å². The number of carbonyl (C=O) groups is 1. The number of nitrogens with zero attached hydrogens (tertiary/aromatic N) is 3. The van der Waals surface area contributed by atoms with Gasteiger partial charge in [0.25, 0.3) is 0 Å². The highest BCUT2D eigenvalue weighted by atomic mass is 16.4. The van der Waals surface area contributed by atoms with E-state index in [2.05, 4.69) is 44.7 Å². The predicted octanol–water partition coefficient (Wildman–Crippen LogP) is 7.53. The predicted molar refractivity (Wildman–Crippen MR) is 159 cm³/mol. The minimum Gasteiger partial charge on any atom is -0.478 e. The fourth-order valence-corrected chi connectivity index (χ4v) is 8.61. The minimum absolute atomic E-state index is 0.388. The van der Waals surface area contributed by atoms with Gasteiger partial charge in [-0.15, -0.1) is 0 Å². The summed E-state index contributed by atoms with van der Waals surface area (Å²) in [6, 6.07) is 15.7. The monoisotopic (exact) mass is 525 g/mol. The van der Waals surface area contributed by atoms with E-state index >= 15 is 0 Å². The molecule has 3 fully saturated rings. The Bertz CT molecular complexity index is 1350. The molecule has 206 valence electrons. The molecule has 2 atom stereocenters. The van der Waals surface area contributed by atoms with E-state index < -0.39 is 5.97 Å². The number of benzene rings is 2. The summed E-state index contributed by atoms with van der Waals surface area (Å²) >= 11 is 0. The number of likely N-dealkylation sites (tertiary alicyclic amines) is 1. The van der Waals surface area contributed by atoms with Gasteiger partial charge in [-0.1, -0.05) is 56.4 Å². The average molecular weight is 526 g/mol. The highest BCUT2D eigenvalue weighted by molar-refractivity contribution is 5.99. The molecule has 0 bridgehead atoms. The smallest absolute Gasteiger partial charge is 0.335 e. The summed E-state index contributed by atoms with van der Waals surface area (Å²) in [5, 5.41) is 11.1. The molecule has 1 aromatic heterocycles. The van der Waals surface area contributed by atoms with Crippen LogP contribution in [-0.4, -0.2) is 52.8 Å². The minimum atomic E-state index is -0.843. The van der Waals surface area contributed by atoms with Gasteiger partial charge in [0.15, 0.2) is 0 Å². The molecule has 2 saturated carbocycles. The fraction of sp³-hybridized carbons (Fsp3) is 0.559. The van der Waals surface area contributed by atoms with Crippen LogP contribution < -0.4 is 4.90 Å². The molecule has 2 aromatic carbocycles. The summed E-state index contributed by atoms with van der Waals surface area (Å²) in [7, 11) is 0. The standard InChI is InChI=1S/C34H43N3O2/c38-34(39)26-16-17-27-31(23-26)37-22-21-36(20-19-35-18-8-12-24-9-4-6-14-29(24)35)30-15-7-5-13-28(30)33(37)32(27)25-10-2-1-3-11-25/h5,7,13,15-17,23-25,29H,1-4,6,8-12,14,18-22H2,(H,38,39). The second-order valence-electron chi connectivity index (χ2n) is 12.6. The maximum Gasteiger partial charge on any atom is 0.335 e. The highest BCUT2D eigenvalue weighted by Gasteiger charge is 2.34. The van der Waals surface area contributed by atoms with Crippen molar-refractivity contribution in [1.82, 2.24) is 9.47 Å². The second kappa shape index (κ2) is 10.6. The molecular weight excluding hydrogens is 482 g/mol. The van der Waals surface area contributed by atoms with Crippen molar-refractivity contribution in [3.63, 3.8) is 0 Å². The number of piperidine rings is 1. The van der Waals surface area contributed by atoms with Gasteiger partial charge in [-0.2, -0.15) is 0 Å². The lowest BCUT2D eigenvalue weighted by Gasteiger charge is -2.45. The summed E-state index contributed by atoms with van der Waals surface area (Å²) in [5.74, 6) is 0.617. The van der Waals surface area contributed by atoms with Crippen LogP contribution >= 0.6 is 0 Å². The van der Waals surface area contributed by atoms with Crippen LogP contribution in [0.15, 0.2) is 42.5 Å². The Hall–Kier alpha value is -2.79. The zero-order valence-corrected chi connectivity index (χ0v) is 23.3. The normalized spacial score (nSPS) is 24.2. The van der Waals surface area contributed by atoms with Crippen molar-refractivity contribution in [2.24, 2.45) is 5.92 Å². The molecule has 3 heterocycles. The molecule has 4 aliphatic rings. The molecule has 1 saturated heterocycles. The Labute approximate surface area is 232 Å². The number of anilines is 1. The Kier molecular flexibility index (Phi) is 6.88. The van der Waals surface area contributed by atoms with Gasteiger partial charge < -0.3 is 14.6 Å². The van der Waals surface area contributed by atoms with Crippen molar-refractivity contribution < 1.29 is 9.90 Å². The van der Waals surface area contributed by atoms with Crippen LogP contribution in [-0.2, 0) is 6.54 Å². The number of para-hydroxylation sites is 1.